The van der Waals surface area contributed by atoms with Crippen LogP contribution in [0.5, 0.6) is 0 Å². The number of aliphatic carboxylic acids is 1. The van der Waals surface area contributed by atoms with Crippen LogP contribution in [0.15, 0.2) is 47.9 Å². The number of imidazole rings is 1. The second kappa shape index (κ2) is 5.99. The van der Waals surface area contributed by atoms with Crippen LogP contribution in [0.2, 0.25) is 0 Å². The van der Waals surface area contributed by atoms with Crippen molar-refractivity contribution < 1.29 is 22.7 Å². The van der Waals surface area contributed by atoms with E-state index in [1.807, 2.05) is 0 Å². The number of benzene rings is 1. The zero-order valence-corrected chi connectivity index (χ0v) is 13.5. The molecule has 9 heteroatoms. The van der Waals surface area contributed by atoms with Crippen molar-refractivity contribution in [1.82, 2.24) is 13.9 Å². The van der Waals surface area contributed by atoms with E-state index in [-0.39, 0.29) is 30.8 Å². The maximum absolute atomic E-state index is 13.0. The molecule has 0 unspecified atom stereocenters. The highest BCUT2D eigenvalue weighted by Gasteiger charge is 2.45. The van der Waals surface area contributed by atoms with Gasteiger partial charge < -0.3 is 9.67 Å². The maximum atomic E-state index is 13.0. The molecule has 1 aromatic carbocycles. The SMILES string of the molecule is O=C(O)C1(n2ccnc2)CCN(S(=O)(=O)c2ccc(F)cc2)CC1. The molecule has 0 spiro atoms. The molecule has 1 saturated heterocycles. The number of halogens is 1. The molecule has 2 aromatic rings. The van der Waals surface area contributed by atoms with E-state index >= 15 is 0 Å². The standard InChI is InChI=1S/C15H16FN3O4S/c16-12-1-3-13(4-2-12)24(22,23)19-8-5-15(6-9-19,14(20)21)18-10-7-17-11-18/h1-4,7,10-11H,5-6,8-9H2,(H,20,21). The Bertz CT molecular complexity index is 826. The van der Waals surface area contributed by atoms with E-state index in [2.05, 4.69) is 4.98 Å². The Morgan fingerprint density at radius 2 is 1.83 bits per heavy atom. The molecule has 1 aromatic heterocycles. The van der Waals surface area contributed by atoms with Crippen LogP contribution in [-0.4, -0.2) is 46.4 Å². The molecule has 3 rings (SSSR count). The van der Waals surface area contributed by atoms with E-state index in [0.29, 0.717) is 0 Å². The molecular formula is C15H16FN3O4S. The fourth-order valence-electron chi connectivity index (χ4n) is 2.95. The van der Waals surface area contributed by atoms with Crippen molar-refractivity contribution in [3.63, 3.8) is 0 Å². The van der Waals surface area contributed by atoms with E-state index in [4.69, 9.17) is 0 Å². The number of carboxylic acids is 1. The van der Waals surface area contributed by atoms with E-state index in [9.17, 15) is 22.7 Å². The second-order valence-corrected chi connectivity index (χ2v) is 7.60. The third kappa shape index (κ3) is 2.69. The van der Waals surface area contributed by atoms with Crippen molar-refractivity contribution in [3.05, 3.63) is 48.8 Å². The molecule has 1 aliphatic heterocycles. The molecule has 0 radical (unpaired) electrons. The number of piperidine rings is 1. The fourth-order valence-corrected chi connectivity index (χ4v) is 4.39. The summed E-state index contributed by atoms with van der Waals surface area (Å²) in [4.78, 5) is 15.7. The van der Waals surface area contributed by atoms with Gasteiger partial charge >= 0.3 is 5.97 Å². The highest BCUT2D eigenvalue weighted by atomic mass is 32.2. The van der Waals surface area contributed by atoms with Gasteiger partial charge in [0.25, 0.3) is 0 Å². The Morgan fingerprint density at radius 3 is 2.33 bits per heavy atom. The van der Waals surface area contributed by atoms with Gasteiger partial charge in [0.15, 0.2) is 0 Å². The number of aromatic nitrogens is 2. The summed E-state index contributed by atoms with van der Waals surface area (Å²) in [5, 5.41) is 9.64. The van der Waals surface area contributed by atoms with Crippen LogP contribution in [0.25, 0.3) is 0 Å². The number of sulfonamides is 1. The van der Waals surface area contributed by atoms with E-state index in [1.54, 1.807) is 6.20 Å². The largest absolute Gasteiger partial charge is 0.479 e. The lowest BCUT2D eigenvalue weighted by Gasteiger charge is -2.38. The number of rotatable bonds is 4. The van der Waals surface area contributed by atoms with Crippen LogP contribution in [0, 0.1) is 5.82 Å². The lowest BCUT2D eigenvalue weighted by Crippen LogP contribution is -2.51. The fraction of sp³-hybridized carbons (Fsp3) is 0.333. The molecule has 0 atom stereocenters. The van der Waals surface area contributed by atoms with E-state index in [0.717, 1.165) is 12.1 Å². The Balaban J connectivity index is 1.84. The first-order valence-electron chi connectivity index (χ1n) is 7.34. The van der Waals surface area contributed by atoms with Gasteiger partial charge in [-0.2, -0.15) is 4.31 Å². The Hall–Kier alpha value is -2.26. The first-order chi connectivity index (χ1) is 11.4. The third-order valence-electron chi connectivity index (χ3n) is 4.40. The second-order valence-electron chi connectivity index (χ2n) is 5.66. The molecule has 1 N–H and O–H groups in total. The quantitative estimate of drug-likeness (QED) is 0.894. The summed E-state index contributed by atoms with van der Waals surface area (Å²) >= 11 is 0. The van der Waals surface area contributed by atoms with Crippen LogP contribution in [0.1, 0.15) is 12.8 Å². The summed E-state index contributed by atoms with van der Waals surface area (Å²) in [5.74, 6) is -1.53. The molecule has 7 nitrogen and oxygen atoms in total. The monoisotopic (exact) mass is 353 g/mol. The molecule has 24 heavy (non-hydrogen) atoms. The van der Waals surface area contributed by atoms with Crippen molar-refractivity contribution in [1.29, 1.82) is 0 Å². The minimum atomic E-state index is -3.77. The minimum Gasteiger partial charge on any atom is -0.479 e. The van der Waals surface area contributed by atoms with Gasteiger partial charge in [-0.3, -0.25) is 0 Å². The number of carboxylic acid groups (broad SMARTS) is 1. The van der Waals surface area contributed by atoms with Gasteiger partial charge in [0.1, 0.15) is 11.4 Å². The van der Waals surface area contributed by atoms with Crippen molar-refractivity contribution in [3.8, 4) is 0 Å². The van der Waals surface area contributed by atoms with Crippen molar-refractivity contribution in [2.24, 2.45) is 0 Å². The predicted molar refractivity (Wildman–Crippen MR) is 82.2 cm³/mol. The third-order valence-corrected chi connectivity index (χ3v) is 6.31. The molecule has 1 aliphatic rings. The topological polar surface area (TPSA) is 92.5 Å². The highest BCUT2D eigenvalue weighted by Crippen LogP contribution is 2.33. The van der Waals surface area contributed by atoms with Crippen LogP contribution in [-0.2, 0) is 20.4 Å². The zero-order valence-electron chi connectivity index (χ0n) is 12.7. The van der Waals surface area contributed by atoms with Crippen LogP contribution in [0.3, 0.4) is 0 Å². The summed E-state index contributed by atoms with van der Waals surface area (Å²) < 4.78 is 40.9. The van der Waals surface area contributed by atoms with Gasteiger partial charge in [-0.25, -0.2) is 22.6 Å². The van der Waals surface area contributed by atoms with Crippen molar-refractivity contribution >= 4 is 16.0 Å². The van der Waals surface area contributed by atoms with Crippen LogP contribution < -0.4 is 0 Å². The summed E-state index contributed by atoms with van der Waals surface area (Å²) in [7, 11) is -3.77. The summed E-state index contributed by atoms with van der Waals surface area (Å²) in [5.41, 5.74) is -1.20. The van der Waals surface area contributed by atoms with Crippen molar-refractivity contribution in [2.45, 2.75) is 23.3 Å². The average molecular weight is 353 g/mol. The lowest BCUT2D eigenvalue weighted by molar-refractivity contribution is -0.149. The number of carbonyl (C=O) groups is 1. The zero-order chi connectivity index (χ0) is 17.4. The number of hydrogen-bond acceptors (Lipinski definition) is 4. The van der Waals surface area contributed by atoms with Gasteiger partial charge in [0.05, 0.1) is 11.2 Å². The molecule has 0 saturated carbocycles. The number of hydrogen-bond donors (Lipinski definition) is 1. The van der Waals surface area contributed by atoms with Crippen LogP contribution in [0.4, 0.5) is 4.39 Å². The van der Waals surface area contributed by atoms with E-state index < -0.39 is 27.3 Å². The molecule has 0 aliphatic carbocycles. The first kappa shape index (κ1) is 16.6. The molecule has 128 valence electrons. The molecule has 0 bridgehead atoms. The molecule has 1 fully saturated rings. The summed E-state index contributed by atoms with van der Waals surface area (Å²) in [6.07, 6.45) is 4.74. The smallest absolute Gasteiger partial charge is 0.330 e. The van der Waals surface area contributed by atoms with Crippen LogP contribution >= 0.6 is 0 Å². The van der Waals surface area contributed by atoms with Gasteiger partial charge in [0, 0.05) is 25.5 Å². The van der Waals surface area contributed by atoms with Crippen molar-refractivity contribution in [2.75, 3.05) is 13.1 Å². The Morgan fingerprint density at radius 1 is 1.21 bits per heavy atom. The highest BCUT2D eigenvalue weighted by molar-refractivity contribution is 7.89. The minimum absolute atomic E-state index is 0.00523. The van der Waals surface area contributed by atoms with E-state index in [1.165, 1.54) is 33.5 Å². The average Bonchev–Trinajstić information content (AvgIpc) is 3.10. The first-order valence-corrected chi connectivity index (χ1v) is 8.78. The van der Waals surface area contributed by atoms with Gasteiger partial charge in [-0.05, 0) is 37.1 Å². The number of nitrogens with zero attached hydrogens (tertiary/aromatic N) is 3. The normalized spacial score (nSPS) is 18.4. The summed E-state index contributed by atoms with van der Waals surface area (Å²) in [6.45, 7) is 0.119. The maximum Gasteiger partial charge on any atom is 0.330 e. The molecule has 0 amide bonds. The predicted octanol–water partition coefficient (Wildman–Crippen LogP) is 1.29. The Kier molecular flexibility index (Phi) is 4.14. The van der Waals surface area contributed by atoms with Gasteiger partial charge in [-0.1, -0.05) is 0 Å². The lowest BCUT2D eigenvalue weighted by atomic mass is 9.88. The molecular weight excluding hydrogens is 337 g/mol. The molecule has 2 heterocycles. The Labute approximate surface area is 138 Å². The summed E-state index contributed by atoms with van der Waals surface area (Å²) in [6, 6.07) is 4.59. The van der Waals surface area contributed by atoms with Gasteiger partial charge in [-0.15, -0.1) is 0 Å². The van der Waals surface area contributed by atoms with Gasteiger partial charge in [0.2, 0.25) is 10.0 Å².